The van der Waals surface area contributed by atoms with E-state index in [0.29, 0.717) is 12.0 Å². The van der Waals surface area contributed by atoms with Crippen molar-refractivity contribution in [3.05, 3.63) is 18.0 Å². The summed E-state index contributed by atoms with van der Waals surface area (Å²) in [5.41, 5.74) is 1.18. The molecule has 1 aromatic rings. The predicted octanol–water partition coefficient (Wildman–Crippen LogP) is 1.99. The summed E-state index contributed by atoms with van der Waals surface area (Å²) in [5.74, 6) is 0.710. The van der Waals surface area contributed by atoms with Crippen LogP contribution in [-0.2, 0) is 13.5 Å². The van der Waals surface area contributed by atoms with E-state index < -0.39 is 0 Å². The van der Waals surface area contributed by atoms with E-state index in [2.05, 4.69) is 30.3 Å². The van der Waals surface area contributed by atoms with Crippen molar-refractivity contribution in [2.45, 2.75) is 39.2 Å². The molecule has 3 nitrogen and oxygen atoms in total. The van der Waals surface area contributed by atoms with Gasteiger partial charge in [0.15, 0.2) is 0 Å². The van der Waals surface area contributed by atoms with Crippen molar-refractivity contribution in [1.82, 2.24) is 15.1 Å². The lowest BCUT2D eigenvalue weighted by atomic mass is 9.93. The van der Waals surface area contributed by atoms with Gasteiger partial charge in [-0.15, -0.1) is 0 Å². The van der Waals surface area contributed by atoms with Gasteiger partial charge in [0.25, 0.3) is 0 Å². The molecule has 0 saturated carbocycles. The fraction of sp³-hybridized carbons (Fsp3) is 0.750. The van der Waals surface area contributed by atoms with E-state index in [1.165, 1.54) is 18.5 Å². The van der Waals surface area contributed by atoms with Crippen LogP contribution >= 0.6 is 0 Å². The van der Waals surface area contributed by atoms with E-state index in [0.717, 1.165) is 6.42 Å². The molecular formula is C12H23N3. The van der Waals surface area contributed by atoms with E-state index in [4.69, 9.17) is 0 Å². The molecule has 0 aliphatic rings. The summed E-state index contributed by atoms with van der Waals surface area (Å²) in [4.78, 5) is 0. The number of likely N-dealkylation sites (N-methyl/N-ethyl adjacent to an activating group) is 1. The summed E-state index contributed by atoms with van der Waals surface area (Å²) in [5, 5.41) is 7.81. The van der Waals surface area contributed by atoms with Crippen molar-refractivity contribution >= 4 is 0 Å². The molecule has 0 amide bonds. The topological polar surface area (TPSA) is 29.9 Å². The predicted molar refractivity (Wildman–Crippen MR) is 63.8 cm³/mol. The van der Waals surface area contributed by atoms with Gasteiger partial charge in [0.1, 0.15) is 0 Å². The molecule has 86 valence electrons. The van der Waals surface area contributed by atoms with Crippen LogP contribution in [0.3, 0.4) is 0 Å². The highest BCUT2D eigenvalue weighted by atomic mass is 15.2. The third-order valence-electron chi connectivity index (χ3n) is 3.00. The Balaban J connectivity index is 2.53. The molecule has 0 fully saturated rings. The Morgan fingerprint density at radius 1 is 1.53 bits per heavy atom. The van der Waals surface area contributed by atoms with Crippen LogP contribution in [0.2, 0.25) is 0 Å². The van der Waals surface area contributed by atoms with Crippen LogP contribution in [0.1, 0.15) is 32.4 Å². The average Bonchev–Trinajstić information content (AvgIpc) is 2.61. The fourth-order valence-electron chi connectivity index (χ4n) is 2.04. The minimum atomic E-state index is 0.542. The quantitative estimate of drug-likeness (QED) is 0.776. The number of rotatable bonds is 6. The van der Waals surface area contributed by atoms with Crippen molar-refractivity contribution in [3.8, 4) is 0 Å². The molecule has 2 atom stereocenters. The number of nitrogens with zero attached hydrogens (tertiary/aromatic N) is 2. The lowest BCUT2D eigenvalue weighted by molar-refractivity contribution is 0.368. The largest absolute Gasteiger partial charge is 0.316 e. The summed E-state index contributed by atoms with van der Waals surface area (Å²) in [6.07, 6.45) is 5.56. The Kier molecular flexibility index (Phi) is 4.82. The molecule has 15 heavy (non-hydrogen) atoms. The minimum absolute atomic E-state index is 0.542. The molecule has 2 unspecified atom stereocenters. The van der Waals surface area contributed by atoms with E-state index in [-0.39, 0.29) is 0 Å². The monoisotopic (exact) mass is 209 g/mol. The van der Waals surface area contributed by atoms with Gasteiger partial charge >= 0.3 is 0 Å². The van der Waals surface area contributed by atoms with Crippen molar-refractivity contribution < 1.29 is 0 Å². The fourth-order valence-corrected chi connectivity index (χ4v) is 2.04. The maximum atomic E-state index is 4.42. The lowest BCUT2D eigenvalue weighted by Crippen LogP contribution is -2.34. The summed E-state index contributed by atoms with van der Waals surface area (Å²) < 4.78 is 1.87. The van der Waals surface area contributed by atoms with E-state index in [1.54, 1.807) is 0 Å². The molecule has 1 rings (SSSR count). The smallest absolute Gasteiger partial charge is 0.0640 e. The van der Waals surface area contributed by atoms with Gasteiger partial charge in [-0.05, 0) is 25.5 Å². The van der Waals surface area contributed by atoms with Crippen molar-refractivity contribution in [1.29, 1.82) is 0 Å². The molecule has 0 saturated heterocycles. The molecule has 0 radical (unpaired) electrons. The van der Waals surface area contributed by atoms with Gasteiger partial charge in [0.2, 0.25) is 0 Å². The van der Waals surface area contributed by atoms with E-state index >= 15 is 0 Å². The Bertz CT molecular complexity index is 280. The Labute approximate surface area is 92.9 Å². The second-order valence-electron chi connectivity index (χ2n) is 4.35. The molecular weight excluding hydrogens is 186 g/mol. The molecule has 1 heterocycles. The maximum absolute atomic E-state index is 4.42. The first kappa shape index (κ1) is 12.2. The minimum Gasteiger partial charge on any atom is -0.316 e. The average molecular weight is 209 g/mol. The van der Waals surface area contributed by atoms with Crippen LogP contribution in [-0.4, -0.2) is 22.9 Å². The van der Waals surface area contributed by atoms with Crippen LogP contribution in [0.4, 0.5) is 0 Å². The number of aromatic nitrogens is 2. The number of nitrogens with one attached hydrogen (secondary N) is 1. The first-order chi connectivity index (χ1) is 7.17. The van der Waals surface area contributed by atoms with Crippen molar-refractivity contribution in [2.75, 3.05) is 7.05 Å². The van der Waals surface area contributed by atoms with Gasteiger partial charge in [-0.1, -0.05) is 20.3 Å². The zero-order chi connectivity index (χ0) is 11.3. The van der Waals surface area contributed by atoms with E-state index in [1.807, 2.05) is 25.0 Å². The summed E-state index contributed by atoms with van der Waals surface area (Å²) in [7, 11) is 4.01. The molecule has 0 bridgehead atoms. The maximum Gasteiger partial charge on any atom is 0.0640 e. The second-order valence-corrected chi connectivity index (χ2v) is 4.35. The molecule has 1 N–H and O–H groups in total. The standard InChI is InChI=1S/C12H23N3/c1-5-6-10(2)12(13-3)9-11-7-8-15(4)14-11/h7-8,10,12-13H,5-6,9H2,1-4H3. The molecule has 0 aliphatic heterocycles. The summed E-state index contributed by atoms with van der Waals surface area (Å²) in [6, 6.07) is 2.64. The summed E-state index contributed by atoms with van der Waals surface area (Å²) in [6.45, 7) is 4.55. The van der Waals surface area contributed by atoms with E-state index in [9.17, 15) is 0 Å². The first-order valence-electron chi connectivity index (χ1n) is 5.83. The molecule has 0 aliphatic carbocycles. The van der Waals surface area contributed by atoms with Gasteiger partial charge in [0.05, 0.1) is 5.69 Å². The van der Waals surface area contributed by atoms with Gasteiger partial charge in [-0.2, -0.15) is 5.10 Å². The third kappa shape index (κ3) is 3.67. The Hall–Kier alpha value is -0.830. The normalized spacial score (nSPS) is 15.2. The first-order valence-corrected chi connectivity index (χ1v) is 5.83. The molecule has 0 spiro atoms. The van der Waals surface area contributed by atoms with Crippen molar-refractivity contribution in [3.63, 3.8) is 0 Å². The highest BCUT2D eigenvalue weighted by molar-refractivity contribution is 5.01. The van der Waals surface area contributed by atoms with Gasteiger partial charge in [-0.3, -0.25) is 4.68 Å². The highest BCUT2D eigenvalue weighted by Gasteiger charge is 2.15. The molecule has 3 heteroatoms. The highest BCUT2D eigenvalue weighted by Crippen LogP contribution is 2.14. The molecule has 1 aromatic heterocycles. The zero-order valence-electron chi connectivity index (χ0n) is 10.3. The Morgan fingerprint density at radius 3 is 2.73 bits per heavy atom. The third-order valence-corrected chi connectivity index (χ3v) is 3.00. The van der Waals surface area contributed by atoms with Crippen LogP contribution in [0.5, 0.6) is 0 Å². The lowest BCUT2D eigenvalue weighted by Gasteiger charge is -2.22. The van der Waals surface area contributed by atoms with Crippen LogP contribution in [0.15, 0.2) is 12.3 Å². The van der Waals surface area contributed by atoms with Crippen LogP contribution < -0.4 is 5.32 Å². The summed E-state index contributed by atoms with van der Waals surface area (Å²) >= 11 is 0. The van der Waals surface area contributed by atoms with Gasteiger partial charge < -0.3 is 5.32 Å². The SMILES string of the molecule is CCCC(C)C(Cc1ccn(C)n1)NC. The Morgan fingerprint density at radius 2 is 2.27 bits per heavy atom. The van der Waals surface area contributed by atoms with Crippen LogP contribution in [0.25, 0.3) is 0 Å². The second kappa shape index (κ2) is 5.91. The van der Waals surface area contributed by atoms with Crippen molar-refractivity contribution in [2.24, 2.45) is 13.0 Å². The van der Waals surface area contributed by atoms with Gasteiger partial charge in [0, 0.05) is 25.7 Å². The number of aryl methyl sites for hydroxylation is 1. The van der Waals surface area contributed by atoms with Gasteiger partial charge in [-0.25, -0.2) is 0 Å². The number of hydrogen-bond donors (Lipinski definition) is 1. The number of hydrogen-bond acceptors (Lipinski definition) is 2. The zero-order valence-corrected chi connectivity index (χ0v) is 10.3. The van der Waals surface area contributed by atoms with Crippen LogP contribution in [0, 0.1) is 5.92 Å². The molecule has 0 aromatic carbocycles.